The largest absolute Gasteiger partial charge is 0.497 e. The molecule has 42 heavy (non-hydrogen) atoms. The Balaban J connectivity index is 0.000000241. The van der Waals surface area contributed by atoms with Gasteiger partial charge in [0.1, 0.15) is 29.3 Å². The molecule has 4 aromatic carbocycles. The van der Waals surface area contributed by atoms with Gasteiger partial charge in [0, 0.05) is 17.8 Å². The molecule has 5 aromatic rings. The molecule has 0 aliphatic heterocycles. The van der Waals surface area contributed by atoms with Crippen LogP contribution >= 0.6 is 0 Å². The molecule has 1 atom stereocenters. The fourth-order valence-electron chi connectivity index (χ4n) is 4.75. The molecule has 1 N–H and O–H groups in total. The summed E-state index contributed by atoms with van der Waals surface area (Å²) in [6.45, 7) is 2.17. The highest BCUT2D eigenvalue weighted by molar-refractivity contribution is 5.87. The number of benzene rings is 4. The van der Waals surface area contributed by atoms with Crippen LogP contribution in [0.15, 0.2) is 91.1 Å². The van der Waals surface area contributed by atoms with E-state index in [4.69, 9.17) is 10.00 Å². The van der Waals surface area contributed by atoms with Gasteiger partial charge in [0.05, 0.1) is 24.4 Å². The number of hydrogen-bond donors (Lipinski definition) is 1. The number of nitrogens with one attached hydrogen (secondary N) is 1. The fourth-order valence-corrected chi connectivity index (χ4v) is 4.75. The number of carbonyl (C=O) groups excluding carboxylic acids is 1. The zero-order chi connectivity index (χ0) is 30.1. The van der Waals surface area contributed by atoms with Crippen LogP contribution in [0.3, 0.4) is 0 Å². The quantitative estimate of drug-likeness (QED) is 0.197. The molecular formula is C34H28F3N3O2. The maximum Gasteiger partial charge on any atom is 0.207 e. The number of nitriles is 1. The molecule has 212 valence electrons. The zero-order valence-corrected chi connectivity index (χ0v) is 23.1. The van der Waals surface area contributed by atoms with Gasteiger partial charge in [0.2, 0.25) is 6.41 Å². The van der Waals surface area contributed by atoms with Crippen LogP contribution in [0.4, 0.5) is 13.2 Å². The second-order valence-corrected chi connectivity index (χ2v) is 9.42. The van der Waals surface area contributed by atoms with Crippen molar-refractivity contribution >= 4 is 17.2 Å². The van der Waals surface area contributed by atoms with E-state index in [0.717, 1.165) is 18.2 Å². The Hall–Kier alpha value is -5.16. The van der Waals surface area contributed by atoms with Crippen LogP contribution < -0.4 is 10.1 Å². The van der Waals surface area contributed by atoms with E-state index < -0.39 is 23.5 Å². The lowest BCUT2D eigenvalue weighted by molar-refractivity contribution is -0.110. The van der Waals surface area contributed by atoms with E-state index in [1.165, 1.54) is 52.9 Å². The van der Waals surface area contributed by atoms with Crippen molar-refractivity contribution in [2.45, 2.75) is 25.8 Å². The predicted octanol–water partition coefficient (Wildman–Crippen LogP) is 7.48. The Labute approximate surface area is 242 Å². The third-order valence-electron chi connectivity index (χ3n) is 6.76. The zero-order valence-electron chi connectivity index (χ0n) is 23.1. The normalized spacial score (nSPS) is 11.1. The van der Waals surface area contributed by atoms with Crippen molar-refractivity contribution < 1.29 is 22.7 Å². The van der Waals surface area contributed by atoms with Crippen LogP contribution in [0.1, 0.15) is 35.3 Å². The molecule has 0 saturated heterocycles. The molecule has 8 heteroatoms. The molecule has 1 amide bonds. The number of amides is 1. The number of fused-ring (bicyclic) bond motifs is 1. The highest BCUT2D eigenvalue weighted by Crippen LogP contribution is 2.30. The van der Waals surface area contributed by atoms with E-state index in [2.05, 4.69) is 47.6 Å². The maximum atomic E-state index is 13.7. The van der Waals surface area contributed by atoms with Gasteiger partial charge in [-0.2, -0.15) is 5.26 Å². The lowest BCUT2D eigenvalue weighted by Gasteiger charge is -2.19. The number of aryl methyl sites for hydroxylation is 1. The SMILES string of the molecule is CCc1cccc2ccc(OC)cc12.N#Cc1cc(-c2cccnc2C(Cc2cc(F)cc(F)c2)NC=O)ccc1F. The predicted molar refractivity (Wildman–Crippen MR) is 156 cm³/mol. The monoisotopic (exact) mass is 567 g/mol. The van der Waals surface area contributed by atoms with Gasteiger partial charge < -0.3 is 10.1 Å². The second kappa shape index (κ2) is 14.0. The van der Waals surface area contributed by atoms with Gasteiger partial charge in [-0.3, -0.25) is 9.78 Å². The molecule has 0 saturated carbocycles. The molecule has 1 aromatic heterocycles. The molecule has 0 aliphatic rings. The van der Waals surface area contributed by atoms with E-state index in [0.29, 0.717) is 28.8 Å². The van der Waals surface area contributed by atoms with Crippen LogP contribution in [0.25, 0.3) is 21.9 Å². The minimum absolute atomic E-state index is 0.0870. The van der Waals surface area contributed by atoms with Gasteiger partial charge in [0.15, 0.2) is 0 Å². The summed E-state index contributed by atoms with van der Waals surface area (Å²) in [5.41, 5.74) is 3.11. The first-order valence-corrected chi connectivity index (χ1v) is 13.2. The Morgan fingerprint density at radius 1 is 0.976 bits per heavy atom. The first-order chi connectivity index (χ1) is 20.4. The van der Waals surface area contributed by atoms with Crippen molar-refractivity contribution in [2.24, 2.45) is 0 Å². The lowest BCUT2D eigenvalue weighted by atomic mass is 9.95. The average molecular weight is 568 g/mol. The molecule has 0 spiro atoms. The molecule has 0 bridgehead atoms. The second-order valence-electron chi connectivity index (χ2n) is 9.42. The number of aromatic nitrogens is 1. The maximum absolute atomic E-state index is 13.7. The number of methoxy groups -OCH3 is 1. The van der Waals surface area contributed by atoms with E-state index in [1.54, 1.807) is 25.3 Å². The summed E-state index contributed by atoms with van der Waals surface area (Å²) in [5.74, 6) is -1.16. The van der Waals surface area contributed by atoms with Gasteiger partial charge in [0.25, 0.3) is 0 Å². The van der Waals surface area contributed by atoms with E-state index in [1.807, 2.05) is 6.07 Å². The van der Waals surface area contributed by atoms with Crippen molar-refractivity contribution in [3.8, 4) is 22.9 Å². The number of ether oxygens (including phenoxy) is 1. The Bertz CT molecular complexity index is 1730. The van der Waals surface area contributed by atoms with Crippen molar-refractivity contribution in [1.29, 1.82) is 5.26 Å². The summed E-state index contributed by atoms with van der Waals surface area (Å²) < 4.78 is 45.9. The molecule has 1 unspecified atom stereocenters. The molecule has 0 radical (unpaired) electrons. The van der Waals surface area contributed by atoms with Crippen molar-refractivity contribution in [2.75, 3.05) is 7.11 Å². The van der Waals surface area contributed by atoms with Crippen molar-refractivity contribution in [3.05, 3.63) is 131 Å². The van der Waals surface area contributed by atoms with Crippen LogP contribution in [0.5, 0.6) is 5.75 Å². The highest BCUT2D eigenvalue weighted by atomic mass is 19.1. The van der Waals surface area contributed by atoms with Gasteiger partial charge in [-0.15, -0.1) is 0 Å². The van der Waals surface area contributed by atoms with Gasteiger partial charge in [-0.25, -0.2) is 13.2 Å². The summed E-state index contributed by atoms with van der Waals surface area (Å²) >= 11 is 0. The van der Waals surface area contributed by atoms with E-state index in [9.17, 15) is 18.0 Å². The summed E-state index contributed by atoms with van der Waals surface area (Å²) in [5, 5.41) is 14.3. The Morgan fingerprint density at radius 2 is 1.76 bits per heavy atom. The van der Waals surface area contributed by atoms with Crippen LogP contribution in [-0.4, -0.2) is 18.5 Å². The van der Waals surface area contributed by atoms with Gasteiger partial charge >= 0.3 is 0 Å². The lowest BCUT2D eigenvalue weighted by Crippen LogP contribution is -2.23. The van der Waals surface area contributed by atoms with E-state index in [-0.39, 0.29) is 12.0 Å². The van der Waals surface area contributed by atoms with Crippen molar-refractivity contribution in [3.63, 3.8) is 0 Å². The minimum Gasteiger partial charge on any atom is -0.497 e. The van der Waals surface area contributed by atoms with Gasteiger partial charge in [-0.05, 0) is 82.8 Å². The smallest absolute Gasteiger partial charge is 0.207 e. The first-order valence-electron chi connectivity index (χ1n) is 13.2. The first kappa shape index (κ1) is 29.8. The van der Waals surface area contributed by atoms with Crippen LogP contribution in [0.2, 0.25) is 0 Å². The van der Waals surface area contributed by atoms with E-state index >= 15 is 0 Å². The van der Waals surface area contributed by atoms with Crippen LogP contribution in [-0.2, 0) is 17.6 Å². The fraction of sp³-hybridized carbons (Fsp3) is 0.147. The Morgan fingerprint density at radius 3 is 2.45 bits per heavy atom. The molecule has 1 heterocycles. The molecule has 0 aliphatic carbocycles. The molecular weight excluding hydrogens is 539 g/mol. The number of nitrogens with zero attached hydrogens (tertiary/aromatic N) is 2. The molecule has 5 nitrogen and oxygen atoms in total. The third-order valence-corrected chi connectivity index (χ3v) is 6.76. The third kappa shape index (κ3) is 7.12. The van der Waals surface area contributed by atoms with Crippen molar-refractivity contribution in [1.82, 2.24) is 10.3 Å². The Kier molecular flexibility index (Phi) is 9.90. The van der Waals surface area contributed by atoms with Gasteiger partial charge in [-0.1, -0.05) is 43.3 Å². The molecule has 0 fully saturated rings. The summed E-state index contributed by atoms with van der Waals surface area (Å²) in [4.78, 5) is 15.4. The summed E-state index contributed by atoms with van der Waals surface area (Å²) in [6, 6.07) is 24.3. The standard InChI is InChI=1S/C21H14F3N3O.C13H14O/c22-16-6-13(7-17(23)10-16)8-20(27-12-28)21-18(2-1-5-26-21)14-3-4-19(24)15(9-14)11-25;1-3-10-5-4-6-11-7-8-12(14-2)9-13(10)11/h1-7,9-10,12,20H,8H2,(H,27,28);4-9H,3H2,1-2H3. The minimum atomic E-state index is -0.724. The number of hydrogen-bond acceptors (Lipinski definition) is 4. The highest BCUT2D eigenvalue weighted by Gasteiger charge is 2.19. The number of rotatable bonds is 8. The topological polar surface area (TPSA) is 75.0 Å². The average Bonchev–Trinajstić information content (AvgIpc) is 3.00. The molecule has 5 rings (SSSR count). The summed E-state index contributed by atoms with van der Waals surface area (Å²) in [6.07, 6.45) is 3.14. The summed E-state index contributed by atoms with van der Waals surface area (Å²) in [7, 11) is 1.70. The van der Waals surface area contributed by atoms with Crippen LogP contribution in [0, 0.1) is 28.8 Å². The number of halogens is 3. The number of pyridine rings is 1. The number of carbonyl (C=O) groups is 1.